The van der Waals surface area contributed by atoms with Crippen molar-refractivity contribution in [2.45, 2.75) is 45.4 Å². The Balaban J connectivity index is 2.34. The third-order valence-electron chi connectivity index (χ3n) is 4.36. The van der Waals surface area contributed by atoms with Crippen LogP contribution in [0.15, 0.2) is 29.2 Å². The summed E-state index contributed by atoms with van der Waals surface area (Å²) in [5.74, 6) is -0.798. The average molecular weight is 473 g/mol. The van der Waals surface area contributed by atoms with E-state index in [0.29, 0.717) is 39.3 Å². The van der Waals surface area contributed by atoms with E-state index in [0.717, 1.165) is 0 Å². The SMILES string of the molecule is COC(=O)c1cc(-c2cccc(CCCOC(=O)C(C)(C)C)c2S(=O)(=O)Cl)sc1C. The van der Waals surface area contributed by atoms with E-state index in [1.165, 1.54) is 18.4 Å². The van der Waals surface area contributed by atoms with Crippen molar-refractivity contribution < 1.29 is 27.5 Å². The Morgan fingerprint density at radius 2 is 1.87 bits per heavy atom. The minimum atomic E-state index is -4.06. The zero-order chi connectivity index (χ0) is 22.7. The van der Waals surface area contributed by atoms with Crippen LogP contribution in [0.25, 0.3) is 10.4 Å². The normalized spacial score (nSPS) is 11.9. The first-order chi connectivity index (χ1) is 13.9. The van der Waals surface area contributed by atoms with Crippen molar-refractivity contribution >= 4 is 43.0 Å². The Hall–Kier alpha value is -1.90. The van der Waals surface area contributed by atoms with E-state index in [1.54, 1.807) is 52.0 Å². The molecule has 0 N–H and O–H groups in total. The topological polar surface area (TPSA) is 86.7 Å². The molecule has 0 fully saturated rings. The van der Waals surface area contributed by atoms with Gasteiger partial charge in [-0.3, -0.25) is 4.79 Å². The second-order valence-corrected chi connectivity index (χ2v) is 11.6. The average Bonchev–Trinajstić information content (AvgIpc) is 3.04. The van der Waals surface area contributed by atoms with Crippen LogP contribution in [-0.2, 0) is 29.7 Å². The van der Waals surface area contributed by atoms with Crippen LogP contribution in [0.5, 0.6) is 0 Å². The molecule has 0 atom stereocenters. The number of hydrogen-bond donors (Lipinski definition) is 0. The summed E-state index contributed by atoms with van der Waals surface area (Å²) in [5, 5.41) is 0. The molecule has 9 heteroatoms. The highest BCUT2D eigenvalue weighted by molar-refractivity contribution is 8.13. The van der Waals surface area contributed by atoms with Crippen LogP contribution < -0.4 is 0 Å². The van der Waals surface area contributed by atoms with Gasteiger partial charge in [-0.05, 0) is 52.2 Å². The van der Waals surface area contributed by atoms with E-state index < -0.39 is 20.4 Å². The molecule has 1 aromatic heterocycles. The largest absolute Gasteiger partial charge is 0.465 e. The molecule has 2 rings (SSSR count). The number of aryl methyl sites for hydroxylation is 2. The van der Waals surface area contributed by atoms with Gasteiger partial charge in [0.05, 0.1) is 29.6 Å². The molecule has 0 amide bonds. The highest BCUT2D eigenvalue weighted by atomic mass is 35.7. The Morgan fingerprint density at radius 3 is 2.43 bits per heavy atom. The molecule has 0 spiro atoms. The lowest BCUT2D eigenvalue weighted by atomic mass is 9.97. The molecule has 164 valence electrons. The predicted octanol–water partition coefficient (Wildman–Crippen LogP) is 4.96. The van der Waals surface area contributed by atoms with Gasteiger partial charge in [-0.15, -0.1) is 11.3 Å². The van der Waals surface area contributed by atoms with Gasteiger partial charge in [-0.2, -0.15) is 0 Å². The maximum absolute atomic E-state index is 12.4. The van der Waals surface area contributed by atoms with Gasteiger partial charge in [-0.25, -0.2) is 13.2 Å². The first-order valence-corrected chi connectivity index (χ1v) is 12.4. The minimum absolute atomic E-state index is 0.00600. The van der Waals surface area contributed by atoms with Crippen molar-refractivity contribution in [1.29, 1.82) is 0 Å². The number of carbonyl (C=O) groups is 2. The Bertz CT molecular complexity index is 1050. The number of carbonyl (C=O) groups excluding carboxylic acids is 2. The van der Waals surface area contributed by atoms with Crippen molar-refractivity contribution in [3.63, 3.8) is 0 Å². The van der Waals surface area contributed by atoms with Crippen LogP contribution in [-0.4, -0.2) is 34.1 Å². The zero-order valence-electron chi connectivity index (χ0n) is 17.6. The molecule has 0 saturated carbocycles. The first-order valence-electron chi connectivity index (χ1n) is 9.29. The number of methoxy groups -OCH3 is 1. The van der Waals surface area contributed by atoms with Crippen LogP contribution in [0.4, 0.5) is 0 Å². The second kappa shape index (κ2) is 9.49. The monoisotopic (exact) mass is 472 g/mol. The Morgan fingerprint density at radius 1 is 1.20 bits per heavy atom. The van der Waals surface area contributed by atoms with Crippen LogP contribution in [0, 0.1) is 12.3 Å². The third kappa shape index (κ3) is 5.83. The minimum Gasteiger partial charge on any atom is -0.465 e. The van der Waals surface area contributed by atoms with E-state index in [-0.39, 0.29) is 17.5 Å². The van der Waals surface area contributed by atoms with Crippen molar-refractivity contribution in [3.05, 3.63) is 40.3 Å². The summed E-state index contributed by atoms with van der Waals surface area (Å²) < 4.78 is 34.8. The summed E-state index contributed by atoms with van der Waals surface area (Å²) in [7, 11) is 3.01. The Kier molecular flexibility index (Phi) is 7.71. The third-order valence-corrected chi connectivity index (χ3v) is 6.88. The summed E-state index contributed by atoms with van der Waals surface area (Å²) in [6, 6.07) is 6.70. The number of benzene rings is 1. The van der Waals surface area contributed by atoms with E-state index >= 15 is 0 Å². The van der Waals surface area contributed by atoms with E-state index in [2.05, 4.69) is 0 Å². The van der Waals surface area contributed by atoms with Gasteiger partial charge in [0, 0.05) is 26.0 Å². The number of thiophene rings is 1. The van der Waals surface area contributed by atoms with Gasteiger partial charge in [-0.1, -0.05) is 18.2 Å². The number of halogens is 1. The molecule has 0 saturated heterocycles. The zero-order valence-corrected chi connectivity index (χ0v) is 20.0. The van der Waals surface area contributed by atoms with Crippen LogP contribution in [0.1, 0.15) is 48.0 Å². The molecule has 0 bridgehead atoms. The van der Waals surface area contributed by atoms with Crippen molar-refractivity contribution in [2.75, 3.05) is 13.7 Å². The lowest BCUT2D eigenvalue weighted by molar-refractivity contribution is -0.153. The lowest BCUT2D eigenvalue weighted by Gasteiger charge is -2.17. The van der Waals surface area contributed by atoms with Gasteiger partial charge in [0.2, 0.25) is 0 Å². The summed E-state index contributed by atoms with van der Waals surface area (Å²) in [6.45, 7) is 7.24. The standard InChI is InChI=1S/C21H25ClO6S2/c1-13-16(19(23)27-5)12-17(29-13)15-10-6-8-14(18(15)30(22,25)26)9-7-11-28-20(24)21(2,3)4/h6,8,10,12H,7,9,11H2,1-5H3. The molecule has 1 aromatic carbocycles. The van der Waals surface area contributed by atoms with Gasteiger partial charge in [0.25, 0.3) is 9.05 Å². The molecule has 0 aliphatic heterocycles. The van der Waals surface area contributed by atoms with Crippen molar-refractivity contribution in [2.24, 2.45) is 5.41 Å². The summed E-state index contributed by atoms with van der Waals surface area (Å²) in [5.41, 5.74) is 0.742. The van der Waals surface area contributed by atoms with Gasteiger partial charge in [0.1, 0.15) is 0 Å². The number of rotatable bonds is 7. The maximum Gasteiger partial charge on any atom is 0.338 e. The Labute approximate surface area is 185 Å². The van der Waals surface area contributed by atoms with Crippen molar-refractivity contribution in [3.8, 4) is 10.4 Å². The van der Waals surface area contributed by atoms with Crippen molar-refractivity contribution in [1.82, 2.24) is 0 Å². The molecule has 0 aliphatic carbocycles. The molecule has 6 nitrogen and oxygen atoms in total. The van der Waals surface area contributed by atoms with E-state index in [4.69, 9.17) is 20.2 Å². The molecule has 1 heterocycles. The summed E-state index contributed by atoms with van der Waals surface area (Å²) >= 11 is 1.29. The van der Waals surface area contributed by atoms with E-state index in [9.17, 15) is 18.0 Å². The summed E-state index contributed by atoms with van der Waals surface area (Å²) in [4.78, 5) is 25.1. The first kappa shape index (κ1) is 24.4. The quantitative estimate of drug-likeness (QED) is 0.321. The molecule has 0 aliphatic rings. The van der Waals surface area contributed by atoms with Gasteiger partial charge >= 0.3 is 11.9 Å². The fourth-order valence-corrected chi connectivity index (χ4v) is 5.41. The number of esters is 2. The second-order valence-electron chi connectivity index (χ2n) is 7.79. The molecule has 30 heavy (non-hydrogen) atoms. The fourth-order valence-electron chi connectivity index (χ4n) is 2.84. The van der Waals surface area contributed by atoms with Crippen LogP contribution >= 0.6 is 22.0 Å². The molecular formula is C21H25ClO6S2. The molecule has 2 aromatic rings. The maximum atomic E-state index is 12.4. The smallest absolute Gasteiger partial charge is 0.338 e. The summed E-state index contributed by atoms with van der Waals surface area (Å²) in [6.07, 6.45) is 0.808. The van der Waals surface area contributed by atoms with Gasteiger partial charge in [0.15, 0.2) is 0 Å². The van der Waals surface area contributed by atoms with Gasteiger partial charge < -0.3 is 9.47 Å². The molecule has 0 unspecified atom stereocenters. The highest BCUT2D eigenvalue weighted by Gasteiger charge is 2.25. The van der Waals surface area contributed by atoms with Crippen LogP contribution in [0.2, 0.25) is 0 Å². The molecular weight excluding hydrogens is 448 g/mol. The lowest BCUT2D eigenvalue weighted by Crippen LogP contribution is -2.23. The number of ether oxygens (including phenoxy) is 2. The fraction of sp³-hybridized carbons (Fsp3) is 0.429. The predicted molar refractivity (Wildman–Crippen MR) is 118 cm³/mol. The number of hydrogen-bond acceptors (Lipinski definition) is 7. The van der Waals surface area contributed by atoms with Crippen LogP contribution in [0.3, 0.4) is 0 Å². The van der Waals surface area contributed by atoms with E-state index in [1.807, 2.05) is 0 Å². The molecule has 0 radical (unpaired) electrons. The highest BCUT2D eigenvalue weighted by Crippen LogP contribution is 2.38.